The van der Waals surface area contributed by atoms with Gasteiger partial charge in [-0.3, -0.25) is 14.7 Å². The van der Waals surface area contributed by atoms with Gasteiger partial charge in [0.05, 0.1) is 12.6 Å². The summed E-state index contributed by atoms with van der Waals surface area (Å²) in [5.41, 5.74) is 3.06. The highest BCUT2D eigenvalue weighted by molar-refractivity contribution is 5.98. The predicted molar refractivity (Wildman–Crippen MR) is 131 cm³/mol. The zero-order valence-electron chi connectivity index (χ0n) is 20.3. The maximum atomic E-state index is 13.6. The molecule has 3 heterocycles. The number of aromatic nitrogens is 2. The van der Waals surface area contributed by atoms with Gasteiger partial charge in [0.25, 0.3) is 5.91 Å². The molecule has 1 aliphatic rings. The second-order valence-corrected chi connectivity index (χ2v) is 9.26. The first kappa shape index (κ1) is 24.8. The van der Waals surface area contributed by atoms with Crippen LogP contribution in [0.25, 0.3) is 11.1 Å². The first-order valence-electron chi connectivity index (χ1n) is 11.8. The summed E-state index contributed by atoms with van der Waals surface area (Å²) in [6, 6.07) is 11.6. The number of hydrogen-bond acceptors (Lipinski definition) is 6. The molecule has 0 bridgehead atoms. The van der Waals surface area contributed by atoms with Crippen LogP contribution in [0.4, 0.5) is 4.39 Å². The van der Waals surface area contributed by atoms with E-state index in [2.05, 4.69) is 14.9 Å². The van der Waals surface area contributed by atoms with E-state index in [0.717, 1.165) is 16.7 Å². The number of likely N-dealkylation sites (N-methyl/N-ethyl adjacent to an activating group) is 1. The van der Waals surface area contributed by atoms with Gasteiger partial charge in [0.15, 0.2) is 0 Å². The standard InChI is InChI=1S/C27H31FN4O3/c1-18-14-32(19(2)17-33)27(34)24-12-22(21-8-10-29-11-9-21)13-30-26(24)35-25(18)16-31(3)15-20-4-6-23(28)7-5-20/h4-13,18-19,25,33H,14-17H2,1-3H3/t18-,19+,25+/m0/s1. The quantitative estimate of drug-likeness (QED) is 0.559. The van der Waals surface area contributed by atoms with Crippen molar-refractivity contribution < 1.29 is 19.0 Å². The van der Waals surface area contributed by atoms with Crippen LogP contribution in [0.3, 0.4) is 0 Å². The molecular formula is C27H31FN4O3. The molecule has 0 spiro atoms. The average molecular weight is 479 g/mol. The number of fused-ring (bicyclic) bond motifs is 1. The lowest BCUT2D eigenvalue weighted by atomic mass is 9.99. The van der Waals surface area contributed by atoms with E-state index in [1.54, 1.807) is 41.7 Å². The molecule has 1 aromatic carbocycles. The number of pyridine rings is 2. The summed E-state index contributed by atoms with van der Waals surface area (Å²) in [6.45, 7) is 5.39. The van der Waals surface area contributed by atoms with Crippen LogP contribution in [0.15, 0.2) is 61.1 Å². The van der Waals surface area contributed by atoms with E-state index in [4.69, 9.17) is 4.74 Å². The Bertz CT molecular complexity index is 1140. The number of amides is 1. The number of benzene rings is 1. The van der Waals surface area contributed by atoms with Gasteiger partial charge in [-0.05, 0) is 55.4 Å². The van der Waals surface area contributed by atoms with Crippen LogP contribution in [0, 0.1) is 11.7 Å². The van der Waals surface area contributed by atoms with E-state index in [-0.39, 0.29) is 42.3 Å². The van der Waals surface area contributed by atoms with E-state index >= 15 is 0 Å². The topological polar surface area (TPSA) is 78.8 Å². The molecule has 0 saturated heterocycles. The van der Waals surface area contributed by atoms with Gasteiger partial charge in [-0.25, -0.2) is 9.37 Å². The fraction of sp³-hybridized carbons (Fsp3) is 0.370. The number of ether oxygens (including phenoxy) is 1. The minimum Gasteiger partial charge on any atom is -0.472 e. The molecule has 0 saturated carbocycles. The number of rotatable bonds is 7. The number of halogens is 1. The molecule has 0 fully saturated rings. The van der Waals surface area contributed by atoms with E-state index < -0.39 is 0 Å². The number of aliphatic hydroxyl groups excluding tert-OH is 1. The summed E-state index contributed by atoms with van der Waals surface area (Å²) in [5.74, 6) is -0.201. The molecule has 1 aliphatic heterocycles. The molecular weight excluding hydrogens is 447 g/mol. The summed E-state index contributed by atoms with van der Waals surface area (Å²) in [6.07, 6.45) is 4.84. The molecule has 8 heteroatoms. The SMILES string of the molecule is C[C@H](CO)N1C[C@H](C)[C@@H](CN(C)Cc2ccc(F)cc2)Oc2ncc(-c3ccncc3)cc2C1=O. The molecule has 1 amide bonds. The molecule has 35 heavy (non-hydrogen) atoms. The third-order valence-corrected chi connectivity index (χ3v) is 6.39. The van der Waals surface area contributed by atoms with Crippen molar-refractivity contribution in [3.63, 3.8) is 0 Å². The van der Waals surface area contributed by atoms with Crippen molar-refractivity contribution in [2.45, 2.75) is 32.5 Å². The number of nitrogens with zero attached hydrogens (tertiary/aromatic N) is 4. The maximum Gasteiger partial charge on any atom is 0.259 e. The maximum absolute atomic E-state index is 13.6. The van der Waals surface area contributed by atoms with Crippen LogP contribution >= 0.6 is 0 Å². The molecule has 3 aromatic rings. The number of hydrogen-bond donors (Lipinski definition) is 1. The lowest BCUT2D eigenvalue weighted by Gasteiger charge is -2.37. The van der Waals surface area contributed by atoms with Crippen LogP contribution < -0.4 is 4.74 Å². The van der Waals surface area contributed by atoms with Gasteiger partial charge in [-0.1, -0.05) is 19.1 Å². The van der Waals surface area contributed by atoms with Crippen LogP contribution in [0.1, 0.15) is 29.8 Å². The Morgan fingerprint density at radius 3 is 2.60 bits per heavy atom. The first-order chi connectivity index (χ1) is 16.9. The Hall–Kier alpha value is -3.36. The monoisotopic (exact) mass is 478 g/mol. The van der Waals surface area contributed by atoms with Crippen molar-refractivity contribution in [1.82, 2.24) is 19.8 Å². The largest absolute Gasteiger partial charge is 0.472 e. The van der Waals surface area contributed by atoms with Crippen molar-refractivity contribution >= 4 is 5.91 Å². The third kappa shape index (κ3) is 5.83. The minimum absolute atomic E-state index is 0.0153. The van der Waals surface area contributed by atoms with Gasteiger partial charge in [0, 0.05) is 49.7 Å². The van der Waals surface area contributed by atoms with Crippen LogP contribution in [-0.2, 0) is 6.54 Å². The van der Waals surface area contributed by atoms with Crippen molar-refractivity contribution in [2.75, 3.05) is 26.7 Å². The van der Waals surface area contributed by atoms with Crippen LogP contribution in [0.5, 0.6) is 5.88 Å². The van der Waals surface area contributed by atoms with Crippen LogP contribution in [-0.4, -0.2) is 69.7 Å². The molecule has 4 rings (SSSR count). The van der Waals surface area contributed by atoms with E-state index in [0.29, 0.717) is 25.2 Å². The molecule has 3 atom stereocenters. The summed E-state index contributed by atoms with van der Waals surface area (Å²) in [7, 11) is 1.98. The van der Waals surface area contributed by atoms with Gasteiger partial charge in [0.2, 0.25) is 5.88 Å². The minimum atomic E-state index is -0.349. The number of carbonyl (C=O) groups excluding carboxylic acids is 1. The van der Waals surface area contributed by atoms with Gasteiger partial charge in [-0.2, -0.15) is 0 Å². The molecule has 0 aliphatic carbocycles. The van der Waals surface area contributed by atoms with Crippen molar-refractivity contribution in [2.24, 2.45) is 5.92 Å². The summed E-state index contributed by atoms with van der Waals surface area (Å²) >= 11 is 0. The molecule has 1 N–H and O–H groups in total. The zero-order chi connectivity index (χ0) is 24.9. The Balaban J connectivity index is 1.63. The summed E-state index contributed by atoms with van der Waals surface area (Å²) in [4.78, 5) is 26.0. The summed E-state index contributed by atoms with van der Waals surface area (Å²) < 4.78 is 19.6. The highest BCUT2D eigenvalue weighted by atomic mass is 19.1. The number of aliphatic hydroxyl groups is 1. The fourth-order valence-electron chi connectivity index (χ4n) is 4.30. The van der Waals surface area contributed by atoms with Gasteiger partial charge in [-0.15, -0.1) is 0 Å². The fourth-order valence-corrected chi connectivity index (χ4v) is 4.30. The molecule has 0 unspecified atom stereocenters. The van der Waals surface area contributed by atoms with E-state index in [1.807, 2.05) is 33.0 Å². The second kappa shape index (κ2) is 10.9. The highest BCUT2D eigenvalue weighted by Crippen LogP contribution is 2.30. The lowest BCUT2D eigenvalue weighted by Crippen LogP contribution is -2.49. The lowest BCUT2D eigenvalue weighted by molar-refractivity contribution is 0.0325. The second-order valence-electron chi connectivity index (χ2n) is 9.26. The molecule has 2 aromatic heterocycles. The normalized spacial score (nSPS) is 19.0. The Kier molecular flexibility index (Phi) is 7.73. The molecule has 184 valence electrons. The smallest absolute Gasteiger partial charge is 0.259 e. The van der Waals surface area contributed by atoms with Crippen molar-refractivity contribution in [1.29, 1.82) is 0 Å². The van der Waals surface area contributed by atoms with Crippen molar-refractivity contribution in [3.8, 4) is 17.0 Å². The Labute approximate surface area is 205 Å². The Morgan fingerprint density at radius 1 is 1.20 bits per heavy atom. The predicted octanol–water partition coefficient (Wildman–Crippen LogP) is 3.63. The molecule has 0 radical (unpaired) electrons. The average Bonchev–Trinajstić information content (AvgIpc) is 2.87. The van der Waals surface area contributed by atoms with Gasteiger partial charge >= 0.3 is 0 Å². The van der Waals surface area contributed by atoms with Crippen molar-refractivity contribution in [3.05, 3.63) is 78.0 Å². The van der Waals surface area contributed by atoms with E-state index in [1.165, 1.54) is 12.1 Å². The van der Waals surface area contributed by atoms with Gasteiger partial charge < -0.3 is 14.7 Å². The highest BCUT2D eigenvalue weighted by Gasteiger charge is 2.34. The van der Waals surface area contributed by atoms with Crippen LogP contribution in [0.2, 0.25) is 0 Å². The zero-order valence-corrected chi connectivity index (χ0v) is 20.3. The van der Waals surface area contributed by atoms with Gasteiger partial charge in [0.1, 0.15) is 17.5 Å². The summed E-state index contributed by atoms with van der Waals surface area (Å²) in [5, 5.41) is 9.85. The third-order valence-electron chi connectivity index (χ3n) is 6.39. The first-order valence-corrected chi connectivity index (χ1v) is 11.8. The molecule has 7 nitrogen and oxygen atoms in total. The number of carbonyl (C=O) groups is 1. The van der Waals surface area contributed by atoms with E-state index in [9.17, 15) is 14.3 Å². The Morgan fingerprint density at radius 2 is 1.91 bits per heavy atom.